The minimum atomic E-state index is -0.00648. The summed E-state index contributed by atoms with van der Waals surface area (Å²) in [5.41, 5.74) is 1.14. The molecule has 1 heterocycles. The van der Waals surface area contributed by atoms with Crippen LogP contribution in [0.5, 0.6) is 0 Å². The van der Waals surface area contributed by atoms with Crippen molar-refractivity contribution in [2.75, 3.05) is 20.2 Å². The fourth-order valence-corrected chi connectivity index (χ4v) is 2.57. The molecule has 4 heteroatoms. The van der Waals surface area contributed by atoms with Gasteiger partial charge in [0.2, 0.25) is 0 Å². The van der Waals surface area contributed by atoms with E-state index >= 15 is 0 Å². The molecular formula is C16H24N2O2. The van der Waals surface area contributed by atoms with Crippen molar-refractivity contribution in [1.82, 2.24) is 10.2 Å². The lowest BCUT2D eigenvalue weighted by Crippen LogP contribution is -2.40. The Morgan fingerprint density at radius 3 is 2.85 bits per heavy atom. The number of ether oxygens (including phenoxy) is 1. The van der Waals surface area contributed by atoms with E-state index in [9.17, 15) is 4.79 Å². The van der Waals surface area contributed by atoms with Crippen LogP contribution in [-0.2, 0) is 11.3 Å². The third-order valence-corrected chi connectivity index (χ3v) is 3.74. The van der Waals surface area contributed by atoms with Crippen LogP contribution >= 0.6 is 0 Å². The van der Waals surface area contributed by atoms with E-state index in [2.05, 4.69) is 12.2 Å². The molecule has 1 aromatic carbocycles. The minimum absolute atomic E-state index is 0.00648. The second-order valence-corrected chi connectivity index (χ2v) is 5.60. The maximum absolute atomic E-state index is 12.1. The Bertz CT molecular complexity index is 422. The molecular weight excluding hydrogens is 252 g/mol. The van der Waals surface area contributed by atoms with Gasteiger partial charge in [-0.05, 0) is 31.2 Å². The lowest BCUT2D eigenvalue weighted by molar-refractivity contribution is 0.00327. The molecule has 2 amide bonds. The Hall–Kier alpha value is -1.55. The van der Waals surface area contributed by atoms with Gasteiger partial charge in [0.25, 0.3) is 0 Å². The highest BCUT2D eigenvalue weighted by atomic mass is 16.5. The molecule has 1 saturated heterocycles. The lowest BCUT2D eigenvalue weighted by atomic mass is 9.96. The highest BCUT2D eigenvalue weighted by Crippen LogP contribution is 2.18. The first-order valence-electron chi connectivity index (χ1n) is 7.29. The van der Waals surface area contributed by atoms with E-state index < -0.39 is 0 Å². The Morgan fingerprint density at radius 1 is 1.40 bits per heavy atom. The topological polar surface area (TPSA) is 41.6 Å². The van der Waals surface area contributed by atoms with Crippen molar-refractivity contribution in [2.45, 2.75) is 32.4 Å². The molecule has 0 unspecified atom stereocenters. The summed E-state index contributed by atoms with van der Waals surface area (Å²) in [5, 5.41) is 3.02. The Labute approximate surface area is 121 Å². The van der Waals surface area contributed by atoms with Crippen molar-refractivity contribution >= 4 is 6.03 Å². The first-order valence-corrected chi connectivity index (χ1v) is 7.29. The molecule has 2 rings (SSSR count). The van der Waals surface area contributed by atoms with Crippen molar-refractivity contribution in [3.8, 4) is 0 Å². The molecule has 4 nitrogen and oxygen atoms in total. The Balaban J connectivity index is 1.74. The van der Waals surface area contributed by atoms with Crippen LogP contribution < -0.4 is 5.32 Å². The number of hydrogen-bond acceptors (Lipinski definition) is 2. The summed E-state index contributed by atoms with van der Waals surface area (Å²) >= 11 is 0. The van der Waals surface area contributed by atoms with Gasteiger partial charge in [-0.1, -0.05) is 30.3 Å². The van der Waals surface area contributed by atoms with Crippen molar-refractivity contribution in [3.63, 3.8) is 0 Å². The van der Waals surface area contributed by atoms with Crippen molar-refractivity contribution in [3.05, 3.63) is 35.9 Å². The third-order valence-electron chi connectivity index (χ3n) is 3.74. The number of hydrogen-bond donors (Lipinski definition) is 1. The monoisotopic (exact) mass is 276 g/mol. The van der Waals surface area contributed by atoms with Gasteiger partial charge in [0.15, 0.2) is 0 Å². The van der Waals surface area contributed by atoms with Crippen molar-refractivity contribution < 1.29 is 9.53 Å². The normalized spacial score (nSPS) is 22.3. The zero-order chi connectivity index (χ0) is 14.4. The molecule has 1 aromatic rings. The molecule has 0 aliphatic carbocycles. The summed E-state index contributed by atoms with van der Waals surface area (Å²) < 4.78 is 5.52. The molecule has 1 aliphatic heterocycles. The average Bonchev–Trinajstić information content (AvgIpc) is 2.46. The number of rotatable bonds is 4. The summed E-state index contributed by atoms with van der Waals surface area (Å²) in [6, 6.07) is 10.0. The molecule has 1 fully saturated rings. The standard InChI is InChI=1S/C16H24N2O2/c1-13-10-15(8-9-20-13)11-17-16(19)18(2)12-14-6-4-3-5-7-14/h3-7,13,15H,8-12H2,1-2H3,(H,17,19)/t13-,15+/m1/s1. The highest BCUT2D eigenvalue weighted by molar-refractivity contribution is 5.73. The molecule has 1 aliphatic rings. The van der Waals surface area contributed by atoms with E-state index in [0.717, 1.165) is 31.6 Å². The molecule has 0 spiro atoms. The Kier molecular flexibility index (Phi) is 5.41. The van der Waals surface area contributed by atoms with Crippen LogP contribution in [-0.4, -0.2) is 37.2 Å². The second kappa shape index (κ2) is 7.29. The second-order valence-electron chi connectivity index (χ2n) is 5.60. The van der Waals surface area contributed by atoms with Gasteiger partial charge in [-0.15, -0.1) is 0 Å². The summed E-state index contributed by atoms with van der Waals surface area (Å²) in [7, 11) is 1.83. The molecule has 20 heavy (non-hydrogen) atoms. The average molecular weight is 276 g/mol. The van der Waals surface area contributed by atoms with Crippen LogP contribution in [0.2, 0.25) is 0 Å². The van der Waals surface area contributed by atoms with Gasteiger partial charge >= 0.3 is 6.03 Å². The highest BCUT2D eigenvalue weighted by Gasteiger charge is 2.20. The van der Waals surface area contributed by atoms with Crippen LogP contribution in [0.25, 0.3) is 0 Å². The van der Waals surface area contributed by atoms with Gasteiger partial charge in [0.05, 0.1) is 6.10 Å². The molecule has 2 atom stereocenters. The number of amides is 2. The van der Waals surface area contributed by atoms with Crippen LogP contribution in [0.15, 0.2) is 30.3 Å². The maximum atomic E-state index is 12.1. The van der Waals surface area contributed by atoms with E-state index in [0.29, 0.717) is 18.6 Å². The summed E-state index contributed by atoms with van der Waals surface area (Å²) in [6.45, 7) is 4.28. The van der Waals surface area contributed by atoms with Gasteiger partial charge in [-0.25, -0.2) is 4.79 Å². The fraction of sp³-hybridized carbons (Fsp3) is 0.562. The van der Waals surface area contributed by atoms with E-state index in [1.165, 1.54) is 0 Å². The van der Waals surface area contributed by atoms with Crippen LogP contribution in [0.3, 0.4) is 0 Å². The summed E-state index contributed by atoms with van der Waals surface area (Å²) in [4.78, 5) is 13.8. The van der Waals surface area contributed by atoms with Gasteiger partial charge in [-0.3, -0.25) is 0 Å². The number of carbonyl (C=O) groups is 1. The van der Waals surface area contributed by atoms with Crippen molar-refractivity contribution in [2.24, 2.45) is 5.92 Å². The SMILES string of the molecule is C[C@@H]1C[C@@H](CNC(=O)N(C)Cc2ccccc2)CCO1. The Morgan fingerprint density at radius 2 is 2.15 bits per heavy atom. The first kappa shape index (κ1) is 14.9. The molecule has 110 valence electrons. The number of nitrogens with one attached hydrogen (secondary N) is 1. The minimum Gasteiger partial charge on any atom is -0.378 e. The first-order chi connectivity index (χ1) is 9.65. The predicted octanol–water partition coefficient (Wildman–Crippen LogP) is 2.64. The number of urea groups is 1. The smallest absolute Gasteiger partial charge is 0.317 e. The molecule has 1 N–H and O–H groups in total. The van der Waals surface area contributed by atoms with E-state index in [-0.39, 0.29) is 6.03 Å². The largest absolute Gasteiger partial charge is 0.378 e. The van der Waals surface area contributed by atoms with Crippen LogP contribution in [0, 0.1) is 5.92 Å². The van der Waals surface area contributed by atoms with Gasteiger partial charge in [-0.2, -0.15) is 0 Å². The van der Waals surface area contributed by atoms with E-state index in [1.54, 1.807) is 4.90 Å². The quantitative estimate of drug-likeness (QED) is 0.918. The van der Waals surface area contributed by atoms with Crippen molar-refractivity contribution in [1.29, 1.82) is 0 Å². The maximum Gasteiger partial charge on any atom is 0.317 e. The van der Waals surface area contributed by atoms with Gasteiger partial charge in [0.1, 0.15) is 0 Å². The van der Waals surface area contributed by atoms with Crippen LogP contribution in [0.4, 0.5) is 4.79 Å². The molecule has 0 aromatic heterocycles. The number of carbonyl (C=O) groups excluding carboxylic acids is 1. The predicted molar refractivity (Wildman–Crippen MR) is 79.4 cm³/mol. The zero-order valence-corrected chi connectivity index (χ0v) is 12.3. The molecule has 0 radical (unpaired) electrons. The van der Waals surface area contributed by atoms with E-state index in [1.807, 2.05) is 37.4 Å². The van der Waals surface area contributed by atoms with Gasteiger partial charge in [0, 0.05) is 26.7 Å². The third kappa shape index (κ3) is 4.53. The fourth-order valence-electron chi connectivity index (χ4n) is 2.57. The lowest BCUT2D eigenvalue weighted by Gasteiger charge is -2.28. The van der Waals surface area contributed by atoms with Crippen LogP contribution in [0.1, 0.15) is 25.3 Å². The summed E-state index contributed by atoms with van der Waals surface area (Å²) in [6.07, 6.45) is 2.38. The molecule has 0 saturated carbocycles. The number of benzene rings is 1. The van der Waals surface area contributed by atoms with Gasteiger partial charge < -0.3 is 15.0 Å². The summed E-state index contributed by atoms with van der Waals surface area (Å²) in [5.74, 6) is 0.535. The molecule has 0 bridgehead atoms. The zero-order valence-electron chi connectivity index (χ0n) is 12.3. The van der Waals surface area contributed by atoms with E-state index in [4.69, 9.17) is 4.74 Å². The number of nitrogens with zero attached hydrogens (tertiary/aromatic N) is 1.